The number of benzene rings is 1. The average molecular weight is 342 g/mol. The zero-order chi connectivity index (χ0) is 17.6. The Morgan fingerprint density at radius 3 is 3.04 bits per heavy atom. The van der Waals surface area contributed by atoms with Crippen molar-refractivity contribution in [3.63, 3.8) is 0 Å². The topological polar surface area (TPSA) is 66.8 Å². The zero-order valence-corrected chi connectivity index (χ0v) is 14.5. The first-order valence-electron chi connectivity index (χ1n) is 9.12. The summed E-state index contributed by atoms with van der Waals surface area (Å²) >= 11 is 0. The molecule has 1 aromatic rings. The maximum atomic E-state index is 13.3. The monoisotopic (exact) mass is 342 g/mol. The first-order valence-corrected chi connectivity index (χ1v) is 9.12. The highest BCUT2D eigenvalue weighted by Gasteiger charge is 2.76. The average Bonchev–Trinajstić information content (AvgIpc) is 2.90. The first kappa shape index (κ1) is 15.4. The van der Waals surface area contributed by atoms with Crippen LogP contribution < -0.4 is 4.74 Å². The molecule has 1 unspecified atom stereocenters. The van der Waals surface area contributed by atoms with Crippen molar-refractivity contribution in [3.8, 4) is 11.5 Å². The second-order valence-corrected chi connectivity index (χ2v) is 8.37. The molecule has 5 heteroatoms. The number of phenols is 1. The lowest BCUT2D eigenvalue weighted by Gasteiger charge is -2.63. The summed E-state index contributed by atoms with van der Waals surface area (Å²) in [6.07, 6.45) is 4.77. The Hall–Kier alpha value is -1.85. The number of carbonyl (C=O) groups is 1. The van der Waals surface area contributed by atoms with Gasteiger partial charge in [-0.2, -0.15) is 0 Å². The molecule has 2 bridgehead atoms. The van der Waals surface area contributed by atoms with E-state index in [-0.39, 0.29) is 34.7 Å². The van der Waals surface area contributed by atoms with Crippen LogP contribution >= 0.6 is 0 Å². The molecule has 4 aliphatic rings. The molecule has 132 valence electrons. The van der Waals surface area contributed by atoms with Gasteiger partial charge in [-0.15, -0.1) is 0 Å². The fourth-order valence-electron chi connectivity index (χ4n) is 6.33. The van der Waals surface area contributed by atoms with Crippen LogP contribution in [0.1, 0.15) is 36.8 Å². The fraction of sp³-hybridized carbons (Fsp3) is 0.550. The Bertz CT molecular complexity index is 820. The summed E-state index contributed by atoms with van der Waals surface area (Å²) in [5.74, 6) is 0.741. The second-order valence-electron chi connectivity index (χ2n) is 8.37. The molecule has 5 nitrogen and oxygen atoms in total. The van der Waals surface area contributed by atoms with Crippen molar-refractivity contribution in [2.24, 2.45) is 0 Å². The SMILES string of the molecule is C=CC[N+]1(C)C(=O)C[C@]23c4c5ccc(O)c4O[C@H]2CCC[C@@]3(O)[C@H]1C5. The molecule has 25 heavy (non-hydrogen) atoms. The molecule has 0 aromatic heterocycles. The van der Waals surface area contributed by atoms with Gasteiger partial charge in [0.05, 0.1) is 18.9 Å². The Balaban J connectivity index is 1.84. The van der Waals surface area contributed by atoms with Crippen molar-refractivity contribution in [2.75, 3.05) is 13.6 Å². The van der Waals surface area contributed by atoms with Crippen molar-refractivity contribution in [2.45, 2.75) is 55.3 Å². The summed E-state index contributed by atoms with van der Waals surface area (Å²) in [6.45, 7) is 4.36. The number of aliphatic hydroxyl groups is 1. The molecule has 2 aliphatic carbocycles. The van der Waals surface area contributed by atoms with Gasteiger partial charge in [-0.3, -0.25) is 4.48 Å². The molecule has 1 amide bonds. The summed E-state index contributed by atoms with van der Waals surface area (Å²) in [7, 11) is 1.94. The molecule has 2 aliphatic heterocycles. The summed E-state index contributed by atoms with van der Waals surface area (Å²) in [5.41, 5.74) is 0.295. The number of ether oxygens (including phenoxy) is 1. The van der Waals surface area contributed by atoms with Gasteiger partial charge in [0.25, 0.3) is 0 Å². The lowest BCUT2D eigenvalue weighted by molar-refractivity contribution is -0.871. The van der Waals surface area contributed by atoms with E-state index >= 15 is 0 Å². The van der Waals surface area contributed by atoms with E-state index in [0.717, 1.165) is 24.0 Å². The number of nitrogens with zero attached hydrogens (tertiary/aromatic N) is 1. The Labute approximate surface area is 147 Å². The van der Waals surface area contributed by atoms with Crippen LogP contribution in [0.4, 0.5) is 0 Å². The van der Waals surface area contributed by atoms with E-state index in [1.165, 1.54) is 0 Å². The summed E-state index contributed by atoms with van der Waals surface area (Å²) in [6, 6.07) is 3.42. The van der Waals surface area contributed by atoms with Gasteiger partial charge in [-0.25, -0.2) is 4.79 Å². The molecule has 2 N–H and O–H groups in total. The molecule has 1 saturated heterocycles. The smallest absolute Gasteiger partial charge is 0.315 e. The minimum atomic E-state index is -0.992. The van der Waals surface area contributed by atoms with E-state index in [1.807, 2.05) is 13.1 Å². The van der Waals surface area contributed by atoms with Crippen LogP contribution in [-0.4, -0.2) is 51.9 Å². The van der Waals surface area contributed by atoms with Crippen molar-refractivity contribution in [1.29, 1.82) is 0 Å². The van der Waals surface area contributed by atoms with Gasteiger partial charge in [-0.05, 0) is 37.0 Å². The van der Waals surface area contributed by atoms with Gasteiger partial charge in [0.1, 0.15) is 24.3 Å². The predicted molar refractivity (Wildman–Crippen MR) is 91.4 cm³/mol. The van der Waals surface area contributed by atoms with Gasteiger partial charge in [0.2, 0.25) is 0 Å². The van der Waals surface area contributed by atoms with Crippen LogP contribution in [0.5, 0.6) is 11.5 Å². The van der Waals surface area contributed by atoms with Crippen LogP contribution in [0.3, 0.4) is 0 Å². The van der Waals surface area contributed by atoms with E-state index < -0.39 is 11.0 Å². The first-order chi connectivity index (χ1) is 11.9. The van der Waals surface area contributed by atoms with Crippen LogP contribution in [0.15, 0.2) is 24.8 Å². The molecule has 0 radical (unpaired) electrons. The number of amides is 1. The summed E-state index contributed by atoms with van der Waals surface area (Å²) < 4.78 is 6.36. The van der Waals surface area contributed by atoms with E-state index in [2.05, 4.69) is 6.58 Å². The summed E-state index contributed by atoms with van der Waals surface area (Å²) in [5, 5.41) is 22.4. The van der Waals surface area contributed by atoms with Gasteiger partial charge < -0.3 is 14.9 Å². The van der Waals surface area contributed by atoms with Crippen LogP contribution in [0, 0.1) is 0 Å². The van der Waals surface area contributed by atoms with Crippen LogP contribution in [-0.2, 0) is 16.6 Å². The van der Waals surface area contributed by atoms with Gasteiger partial charge in [0, 0.05) is 12.0 Å². The molecular weight excluding hydrogens is 318 g/mol. The quantitative estimate of drug-likeness (QED) is 0.635. The van der Waals surface area contributed by atoms with Gasteiger partial charge in [-0.1, -0.05) is 12.6 Å². The van der Waals surface area contributed by atoms with E-state index in [0.29, 0.717) is 25.1 Å². The Kier molecular flexibility index (Phi) is 2.75. The van der Waals surface area contributed by atoms with Gasteiger partial charge >= 0.3 is 5.91 Å². The number of quaternary nitrogens is 1. The number of aromatic hydroxyl groups is 1. The second kappa shape index (κ2) is 4.46. The molecule has 1 aromatic carbocycles. The van der Waals surface area contributed by atoms with E-state index in [9.17, 15) is 15.0 Å². The van der Waals surface area contributed by atoms with E-state index in [4.69, 9.17) is 4.74 Å². The fourth-order valence-corrected chi connectivity index (χ4v) is 6.33. The van der Waals surface area contributed by atoms with Crippen LogP contribution in [0.25, 0.3) is 0 Å². The third-order valence-electron chi connectivity index (χ3n) is 7.44. The highest BCUT2D eigenvalue weighted by molar-refractivity contribution is 5.77. The molecule has 2 heterocycles. The molecule has 5 atom stereocenters. The van der Waals surface area contributed by atoms with Crippen molar-refractivity contribution in [3.05, 3.63) is 35.9 Å². The number of rotatable bonds is 2. The Morgan fingerprint density at radius 2 is 2.28 bits per heavy atom. The molecule has 1 saturated carbocycles. The third kappa shape index (κ3) is 1.47. The van der Waals surface area contributed by atoms with Gasteiger partial charge in [0.15, 0.2) is 11.5 Å². The maximum Gasteiger partial charge on any atom is 0.315 e. The number of piperidine rings is 1. The van der Waals surface area contributed by atoms with E-state index in [1.54, 1.807) is 12.1 Å². The lowest BCUT2D eigenvalue weighted by Crippen LogP contribution is -2.81. The minimum absolute atomic E-state index is 0.115. The number of hydrogen-bond donors (Lipinski definition) is 2. The third-order valence-corrected chi connectivity index (χ3v) is 7.44. The highest BCUT2D eigenvalue weighted by Crippen LogP contribution is 2.66. The molecule has 5 rings (SSSR count). The standard InChI is InChI=1S/C20H23NO4/c1-3-9-21(2)14-10-12-6-7-13(22)18-17(12)19(11-16(21)23)15(25-18)5-4-8-20(14,19)24/h3,6-7,14-15,24H,1,4-5,8-11H2,2H3/p+1/t14-,15+,19-,20-,21?/m1/s1. The predicted octanol–water partition coefficient (Wildman–Crippen LogP) is 1.79. The van der Waals surface area contributed by atoms with Crippen molar-refractivity contribution < 1.29 is 24.2 Å². The number of hydrogen-bond acceptors (Lipinski definition) is 4. The Morgan fingerprint density at radius 1 is 1.48 bits per heavy atom. The largest absolute Gasteiger partial charge is 0.504 e. The minimum Gasteiger partial charge on any atom is -0.504 e. The number of likely N-dealkylation sites (N-methyl/N-ethyl adjacent to an activating group) is 1. The number of carbonyl (C=O) groups excluding carboxylic acids is 1. The number of likely N-dealkylation sites (tertiary alicyclic amines) is 1. The van der Waals surface area contributed by atoms with Crippen molar-refractivity contribution in [1.82, 2.24) is 0 Å². The maximum absolute atomic E-state index is 13.3. The lowest BCUT2D eigenvalue weighted by atomic mass is 9.48. The van der Waals surface area contributed by atoms with Crippen LogP contribution in [0.2, 0.25) is 0 Å². The molecule has 2 fully saturated rings. The summed E-state index contributed by atoms with van der Waals surface area (Å²) in [4.78, 5) is 13.3. The zero-order valence-electron chi connectivity index (χ0n) is 14.5. The normalized spacial score (nSPS) is 43.4. The molecular formula is C20H24NO4+. The highest BCUT2D eigenvalue weighted by atomic mass is 16.5. The molecule has 1 spiro atoms. The number of phenolic OH excluding ortho intramolecular Hbond substituents is 1. The van der Waals surface area contributed by atoms with Crippen molar-refractivity contribution >= 4 is 5.91 Å².